The van der Waals surface area contributed by atoms with Crippen molar-refractivity contribution in [1.29, 1.82) is 0 Å². The number of rotatable bonds is 5. The Kier molecular flexibility index (Phi) is 15.4. The minimum Gasteiger partial charge on any atom is -0.354 e. The molecule has 2 aromatic rings. The largest absolute Gasteiger partial charge is 0.354 e. The molecular weight excluding hydrogens is 659 g/mol. The molecule has 3 fully saturated rings. The zero-order valence-electron chi connectivity index (χ0n) is 29.0. The first kappa shape index (κ1) is 38.9. The molecule has 268 valence electrons. The van der Waals surface area contributed by atoms with Crippen LogP contribution in [0.1, 0.15) is 105 Å². The second kappa shape index (κ2) is 19.5. The van der Waals surface area contributed by atoms with Crippen molar-refractivity contribution in [2.45, 2.75) is 96.1 Å². The molecule has 3 aliphatic heterocycles. The Labute approximate surface area is 303 Å². The van der Waals surface area contributed by atoms with Gasteiger partial charge in [0.2, 0.25) is 17.7 Å². The third kappa shape index (κ3) is 10.5. The highest BCUT2D eigenvalue weighted by atomic mass is 35.5. The van der Waals surface area contributed by atoms with Gasteiger partial charge in [0.1, 0.15) is 5.78 Å². The first-order valence-electron chi connectivity index (χ1n) is 18.2. The molecule has 3 amide bonds. The van der Waals surface area contributed by atoms with Gasteiger partial charge >= 0.3 is 0 Å². The Hall–Kier alpha value is -2.94. The van der Waals surface area contributed by atoms with Crippen molar-refractivity contribution < 1.29 is 19.2 Å². The number of hydrogen-bond donors (Lipinski definition) is 2. The lowest BCUT2D eigenvalue weighted by Crippen LogP contribution is -2.56. The summed E-state index contributed by atoms with van der Waals surface area (Å²) in [4.78, 5) is 51.1. The smallest absolute Gasteiger partial charge is 0.242 e. The Morgan fingerprint density at radius 3 is 2.04 bits per heavy atom. The molecule has 2 N–H and O–H groups in total. The number of piperazine rings is 1. The van der Waals surface area contributed by atoms with E-state index in [2.05, 4.69) is 53.1 Å². The number of nitrogens with one attached hydrogen (secondary N) is 2. The molecule has 0 radical (unpaired) electrons. The van der Waals surface area contributed by atoms with Gasteiger partial charge in [0.15, 0.2) is 0 Å². The third-order valence-corrected chi connectivity index (χ3v) is 11.0. The number of ketones is 1. The number of fused-ring (bicyclic) bond motifs is 4. The van der Waals surface area contributed by atoms with Gasteiger partial charge in [-0.25, -0.2) is 0 Å². The lowest BCUT2D eigenvalue weighted by atomic mass is 9.87. The number of benzene rings is 2. The summed E-state index contributed by atoms with van der Waals surface area (Å²) in [7, 11) is 0. The molecule has 0 aromatic heterocycles. The van der Waals surface area contributed by atoms with E-state index in [0.29, 0.717) is 13.1 Å². The monoisotopic (exact) mass is 712 g/mol. The maximum atomic E-state index is 12.8. The van der Waals surface area contributed by atoms with E-state index in [1.807, 2.05) is 15.9 Å². The first-order chi connectivity index (χ1) is 23.4. The van der Waals surface area contributed by atoms with E-state index in [9.17, 15) is 19.2 Å². The fraction of sp³-hybridized carbons (Fsp3) is 0.590. The Morgan fingerprint density at radius 1 is 0.837 bits per heavy atom. The Balaban J connectivity index is 0.000000192. The molecule has 49 heavy (non-hydrogen) atoms. The molecule has 3 heterocycles. The summed E-state index contributed by atoms with van der Waals surface area (Å²) >= 11 is 4.99. The molecule has 10 heteroatoms. The maximum absolute atomic E-state index is 12.8. The number of carbonyl (C=O) groups is 4. The molecule has 0 bridgehead atoms. The zero-order chi connectivity index (χ0) is 33.9. The second-order valence-corrected chi connectivity index (χ2v) is 14.2. The van der Waals surface area contributed by atoms with Gasteiger partial charge in [-0.2, -0.15) is 0 Å². The number of amides is 3. The number of carbonyl (C=O) groups excluding carboxylic acids is 4. The number of hydrogen-bond acceptors (Lipinski definition) is 5. The van der Waals surface area contributed by atoms with Gasteiger partial charge in [0.25, 0.3) is 0 Å². The summed E-state index contributed by atoms with van der Waals surface area (Å²) in [6, 6.07) is 17.3. The fourth-order valence-corrected chi connectivity index (χ4v) is 7.94. The predicted octanol–water partition coefficient (Wildman–Crippen LogP) is 6.34. The molecular formula is C39H54Cl2N4O4. The van der Waals surface area contributed by atoms with E-state index >= 15 is 0 Å². The molecule has 8 nitrogen and oxygen atoms in total. The predicted molar refractivity (Wildman–Crippen MR) is 197 cm³/mol. The molecule has 2 aliphatic carbocycles. The summed E-state index contributed by atoms with van der Waals surface area (Å²) in [6.07, 6.45) is 13.4. The molecule has 1 saturated heterocycles. The lowest BCUT2D eigenvalue weighted by molar-refractivity contribution is -0.152. The van der Waals surface area contributed by atoms with Crippen molar-refractivity contribution >= 4 is 47.5 Å². The first-order valence-corrected chi connectivity index (χ1v) is 18.7. The van der Waals surface area contributed by atoms with Crippen LogP contribution < -0.4 is 10.6 Å². The topological polar surface area (TPSA) is 98.8 Å². The van der Waals surface area contributed by atoms with E-state index in [1.165, 1.54) is 54.9 Å². The van der Waals surface area contributed by atoms with E-state index in [-0.39, 0.29) is 72.3 Å². The Bertz CT molecular complexity index is 1410. The normalized spacial score (nSPS) is 22.0. The Morgan fingerprint density at radius 2 is 1.41 bits per heavy atom. The average Bonchev–Trinajstić information content (AvgIpc) is 3.14. The van der Waals surface area contributed by atoms with Gasteiger partial charge in [-0.1, -0.05) is 87.1 Å². The summed E-state index contributed by atoms with van der Waals surface area (Å²) < 4.78 is 0. The van der Waals surface area contributed by atoms with Gasteiger partial charge in [-0.05, 0) is 74.2 Å². The van der Waals surface area contributed by atoms with Crippen LogP contribution >= 0.6 is 24.0 Å². The number of halogens is 2. The van der Waals surface area contributed by atoms with Gasteiger partial charge in [-0.15, -0.1) is 24.0 Å². The van der Waals surface area contributed by atoms with Crippen molar-refractivity contribution in [3.05, 3.63) is 70.8 Å². The van der Waals surface area contributed by atoms with Crippen molar-refractivity contribution in [3.63, 3.8) is 0 Å². The number of nitrogens with zero attached hydrogens (tertiary/aromatic N) is 2. The summed E-state index contributed by atoms with van der Waals surface area (Å²) in [5.41, 5.74) is 5.33. The van der Waals surface area contributed by atoms with Crippen molar-refractivity contribution in [1.82, 2.24) is 20.4 Å². The minimum absolute atomic E-state index is 0. The van der Waals surface area contributed by atoms with Crippen LogP contribution in [-0.4, -0.2) is 71.9 Å². The average molecular weight is 714 g/mol. The highest BCUT2D eigenvalue weighted by Crippen LogP contribution is 2.35. The van der Waals surface area contributed by atoms with Crippen LogP contribution in [0.2, 0.25) is 0 Å². The van der Waals surface area contributed by atoms with Gasteiger partial charge in [0.05, 0.1) is 18.5 Å². The van der Waals surface area contributed by atoms with Crippen LogP contribution in [0.25, 0.3) is 0 Å². The highest BCUT2D eigenvalue weighted by Gasteiger charge is 2.40. The van der Waals surface area contributed by atoms with Crippen LogP contribution in [0.15, 0.2) is 48.5 Å². The van der Waals surface area contributed by atoms with Crippen molar-refractivity contribution in [3.8, 4) is 0 Å². The van der Waals surface area contributed by atoms with E-state index < -0.39 is 0 Å². The maximum Gasteiger partial charge on any atom is 0.242 e. The van der Waals surface area contributed by atoms with E-state index in [0.717, 1.165) is 64.5 Å². The van der Waals surface area contributed by atoms with E-state index in [4.69, 9.17) is 11.6 Å². The van der Waals surface area contributed by atoms with Crippen molar-refractivity contribution in [2.24, 2.45) is 11.8 Å². The minimum atomic E-state index is 0. The molecule has 0 spiro atoms. The van der Waals surface area contributed by atoms with Crippen LogP contribution in [0.4, 0.5) is 0 Å². The molecule has 2 atom stereocenters. The van der Waals surface area contributed by atoms with Crippen LogP contribution in [0, 0.1) is 11.8 Å². The van der Waals surface area contributed by atoms with E-state index in [1.54, 1.807) is 0 Å². The highest BCUT2D eigenvalue weighted by molar-refractivity contribution is 6.27. The van der Waals surface area contributed by atoms with Gasteiger partial charge < -0.3 is 20.4 Å². The molecule has 7 rings (SSSR count). The fourth-order valence-electron chi connectivity index (χ4n) is 7.94. The van der Waals surface area contributed by atoms with Crippen molar-refractivity contribution in [2.75, 3.05) is 38.6 Å². The lowest BCUT2D eigenvalue weighted by Gasteiger charge is -2.45. The van der Waals surface area contributed by atoms with Crippen LogP contribution in [0.5, 0.6) is 0 Å². The second-order valence-electron chi connectivity index (χ2n) is 14.0. The zero-order valence-corrected chi connectivity index (χ0v) is 30.5. The number of alkyl halides is 1. The summed E-state index contributed by atoms with van der Waals surface area (Å²) in [6.45, 7) is 4.89. The summed E-state index contributed by atoms with van der Waals surface area (Å²) in [5, 5.41) is 6.68. The van der Waals surface area contributed by atoms with Crippen LogP contribution in [-0.2, 0) is 32.0 Å². The summed E-state index contributed by atoms with van der Waals surface area (Å²) in [5.74, 6) is 1.13. The third-order valence-electron chi connectivity index (χ3n) is 10.6. The standard InChI is InChI=1S/C19H24N2O2.C17H24N2O.C3H5ClO.ClH/c22-18-13-20(19(23)15-7-2-1-3-8-15)12-17-16-9-5-4-6-14(16)10-11-21(17)18;20-17(14-7-2-1-3-8-14)19-12-16-15-9-5-4-6-13(15)10-11-18-16;1-3(5)2-4;/h4-6,9,15,17H,1-3,7-8,10-13H2;4-6,9,14,16,18H,1-3,7-8,10-12H2,(H,19,20);2H2,1H3;1H/t17-;16-;;/m00../s1. The van der Waals surface area contributed by atoms with Crippen LogP contribution in [0.3, 0.4) is 0 Å². The quantitative estimate of drug-likeness (QED) is 0.353. The molecule has 0 unspecified atom stereocenters. The van der Waals surface area contributed by atoms with Gasteiger partial charge in [-0.3, -0.25) is 19.2 Å². The SMILES string of the molecule is CC(=O)CCl.Cl.O=C(C1CCCCC1)N1CC(=O)N2CCc3ccccc3[C@@H]2C1.O=C(NC[C@@H]1NCCc2ccccc21)C1CCCCC1. The number of Topliss-reactive ketones (excluding diaryl/α,β-unsaturated/α-hetero) is 1. The molecule has 2 aromatic carbocycles. The molecule has 2 saturated carbocycles. The van der Waals surface area contributed by atoms with Gasteiger partial charge in [0, 0.05) is 37.5 Å². The molecule has 5 aliphatic rings.